The molecular formula is C23H30O2. The molecule has 1 aliphatic carbocycles. The van der Waals surface area contributed by atoms with Crippen LogP contribution in [0.2, 0.25) is 0 Å². The van der Waals surface area contributed by atoms with Crippen LogP contribution in [0.15, 0.2) is 36.4 Å². The van der Waals surface area contributed by atoms with Crippen molar-refractivity contribution < 1.29 is 10.2 Å². The molecule has 0 unspecified atom stereocenters. The molecule has 0 amide bonds. The van der Waals surface area contributed by atoms with Crippen molar-refractivity contribution in [2.75, 3.05) is 0 Å². The van der Waals surface area contributed by atoms with E-state index in [9.17, 15) is 10.2 Å². The first-order valence-corrected chi connectivity index (χ1v) is 9.75. The lowest BCUT2D eigenvalue weighted by molar-refractivity contribution is 0.463. The van der Waals surface area contributed by atoms with Gasteiger partial charge < -0.3 is 10.2 Å². The highest BCUT2D eigenvalue weighted by Crippen LogP contribution is 2.48. The molecule has 2 aromatic carbocycles. The first-order valence-electron chi connectivity index (χ1n) is 9.75. The number of rotatable bonds is 6. The molecule has 0 aliphatic heterocycles. The second kappa shape index (κ2) is 7.51. The van der Waals surface area contributed by atoms with E-state index in [2.05, 4.69) is 38.1 Å². The quantitative estimate of drug-likeness (QED) is 0.692. The third-order valence-corrected chi connectivity index (χ3v) is 5.76. The number of phenols is 2. The molecule has 134 valence electrons. The molecule has 2 heteroatoms. The number of aromatic hydroxyl groups is 2. The van der Waals surface area contributed by atoms with Gasteiger partial charge in [0.05, 0.1) is 0 Å². The molecule has 0 radical (unpaired) electrons. The van der Waals surface area contributed by atoms with Crippen molar-refractivity contribution >= 4 is 0 Å². The van der Waals surface area contributed by atoms with Gasteiger partial charge in [-0.1, -0.05) is 63.8 Å². The molecule has 25 heavy (non-hydrogen) atoms. The third-order valence-electron chi connectivity index (χ3n) is 5.76. The van der Waals surface area contributed by atoms with E-state index in [1.807, 2.05) is 12.1 Å². The van der Waals surface area contributed by atoms with Crippen molar-refractivity contribution in [1.29, 1.82) is 0 Å². The summed E-state index contributed by atoms with van der Waals surface area (Å²) in [7, 11) is 0. The van der Waals surface area contributed by atoms with Gasteiger partial charge in [-0.2, -0.15) is 0 Å². The molecule has 0 bridgehead atoms. The van der Waals surface area contributed by atoms with E-state index < -0.39 is 0 Å². The van der Waals surface area contributed by atoms with E-state index in [0.29, 0.717) is 11.5 Å². The molecule has 3 rings (SSSR count). The topological polar surface area (TPSA) is 40.5 Å². The van der Waals surface area contributed by atoms with Crippen molar-refractivity contribution in [3.05, 3.63) is 58.7 Å². The van der Waals surface area contributed by atoms with Crippen molar-refractivity contribution in [1.82, 2.24) is 0 Å². The van der Waals surface area contributed by atoms with Crippen LogP contribution in [0.5, 0.6) is 11.5 Å². The number of benzene rings is 2. The van der Waals surface area contributed by atoms with Crippen LogP contribution in [0.4, 0.5) is 0 Å². The van der Waals surface area contributed by atoms with Crippen LogP contribution < -0.4 is 0 Å². The maximum Gasteiger partial charge on any atom is 0.118 e. The largest absolute Gasteiger partial charge is 0.508 e. The van der Waals surface area contributed by atoms with Gasteiger partial charge in [0, 0.05) is 5.41 Å². The Labute approximate surface area is 151 Å². The number of phenolic OH excluding ortho intramolecular Hbond substituents is 2. The fourth-order valence-corrected chi connectivity index (χ4v) is 4.43. The van der Waals surface area contributed by atoms with Crippen molar-refractivity contribution in [2.24, 2.45) is 0 Å². The molecule has 0 spiro atoms. The van der Waals surface area contributed by atoms with E-state index in [0.717, 1.165) is 49.7 Å². The van der Waals surface area contributed by atoms with E-state index >= 15 is 0 Å². The van der Waals surface area contributed by atoms with Crippen LogP contribution in [0.1, 0.15) is 74.6 Å². The molecule has 2 N–H and O–H groups in total. The summed E-state index contributed by atoms with van der Waals surface area (Å²) in [4.78, 5) is 0. The van der Waals surface area contributed by atoms with Crippen LogP contribution in [0.25, 0.3) is 0 Å². The average Bonchev–Trinajstić information content (AvgIpc) is 3.10. The lowest BCUT2D eigenvalue weighted by atomic mass is 9.72. The molecule has 0 atom stereocenters. The lowest BCUT2D eigenvalue weighted by Gasteiger charge is -2.32. The minimum Gasteiger partial charge on any atom is -0.508 e. The Morgan fingerprint density at radius 2 is 1.20 bits per heavy atom. The number of hydrogen-bond acceptors (Lipinski definition) is 2. The number of aryl methyl sites for hydroxylation is 2. The van der Waals surface area contributed by atoms with Crippen molar-refractivity contribution in [3.63, 3.8) is 0 Å². The van der Waals surface area contributed by atoms with Gasteiger partial charge in [0.2, 0.25) is 0 Å². The first kappa shape index (κ1) is 17.8. The summed E-state index contributed by atoms with van der Waals surface area (Å²) in [6.07, 6.45) is 8.62. The summed E-state index contributed by atoms with van der Waals surface area (Å²) >= 11 is 0. The standard InChI is InChI=1S/C23H30O2/c1-3-7-17-15-19(9-11-21(17)24)23(13-5-6-14-23)20-10-12-22(25)18(16-20)8-4-2/h9-12,15-16,24-25H,3-8,13-14H2,1-2H3. The van der Waals surface area contributed by atoms with E-state index in [4.69, 9.17) is 0 Å². The van der Waals surface area contributed by atoms with Gasteiger partial charge in [-0.3, -0.25) is 0 Å². The molecule has 0 heterocycles. The molecule has 2 nitrogen and oxygen atoms in total. The van der Waals surface area contributed by atoms with Gasteiger partial charge in [0.15, 0.2) is 0 Å². The molecule has 2 aromatic rings. The van der Waals surface area contributed by atoms with Gasteiger partial charge in [-0.05, 0) is 60.1 Å². The summed E-state index contributed by atoms with van der Waals surface area (Å²) in [5.41, 5.74) is 4.77. The zero-order valence-corrected chi connectivity index (χ0v) is 15.5. The second-order valence-corrected chi connectivity index (χ2v) is 7.48. The highest BCUT2D eigenvalue weighted by Gasteiger charge is 2.38. The number of hydrogen-bond donors (Lipinski definition) is 2. The highest BCUT2D eigenvalue weighted by molar-refractivity contribution is 5.48. The lowest BCUT2D eigenvalue weighted by Crippen LogP contribution is -2.24. The molecule has 0 aromatic heterocycles. The Morgan fingerprint density at radius 1 is 0.760 bits per heavy atom. The van der Waals surface area contributed by atoms with Gasteiger partial charge in [-0.25, -0.2) is 0 Å². The summed E-state index contributed by atoms with van der Waals surface area (Å²) in [5.74, 6) is 0.826. The Bertz CT molecular complexity index is 669. The monoisotopic (exact) mass is 338 g/mol. The van der Waals surface area contributed by atoms with E-state index in [1.165, 1.54) is 24.0 Å². The normalized spacial score (nSPS) is 16.2. The average molecular weight is 338 g/mol. The first-order chi connectivity index (χ1) is 12.1. The molecule has 0 saturated heterocycles. The smallest absolute Gasteiger partial charge is 0.118 e. The predicted molar refractivity (Wildman–Crippen MR) is 103 cm³/mol. The fraction of sp³-hybridized carbons (Fsp3) is 0.478. The summed E-state index contributed by atoms with van der Waals surface area (Å²) in [5, 5.41) is 20.4. The minimum atomic E-state index is 0.0202. The van der Waals surface area contributed by atoms with Crippen LogP contribution >= 0.6 is 0 Å². The van der Waals surface area contributed by atoms with Crippen LogP contribution in [0, 0.1) is 0 Å². The predicted octanol–water partition coefficient (Wildman–Crippen LogP) is 5.86. The highest BCUT2D eigenvalue weighted by atomic mass is 16.3. The SMILES string of the molecule is CCCc1cc(C2(c3ccc(O)c(CCC)c3)CCCC2)ccc1O. The van der Waals surface area contributed by atoms with Gasteiger partial charge in [0.25, 0.3) is 0 Å². The third kappa shape index (κ3) is 3.40. The Balaban J connectivity index is 2.09. The molecule has 1 saturated carbocycles. The van der Waals surface area contributed by atoms with Crippen molar-refractivity contribution in [2.45, 2.75) is 70.6 Å². The fourth-order valence-electron chi connectivity index (χ4n) is 4.43. The Kier molecular flexibility index (Phi) is 5.36. The van der Waals surface area contributed by atoms with Crippen molar-refractivity contribution in [3.8, 4) is 11.5 Å². The van der Waals surface area contributed by atoms with E-state index in [-0.39, 0.29) is 5.41 Å². The molecule has 1 aliphatic rings. The maximum atomic E-state index is 10.2. The summed E-state index contributed by atoms with van der Waals surface area (Å²) in [6.45, 7) is 4.29. The molecular weight excluding hydrogens is 308 g/mol. The summed E-state index contributed by atoms with van der Waals surface area (Å²) < 4.78 is 0. The van der Waals surface area contributed by atoms with Gasteiger partial charge in [-0.15, -0.1) is 0 Å². The second-order valence-electron chi connectivity index (χ2n) is 7.48. The van der Waals surface area contributed by atoms with Crippen LogP contribution in [0.3, 0.4) is 0 Å². The van der Waals surface area contributed by atoms with E-state index in [1.54, 1.807) is 0 Å². The van der Waals surface area contributed by atoms with Crippen LogP contribution in [-0.2, 0) is 18.3 Å². The maximum absolute atomic E-state index is 10.2. The minimum absolute atomic E-state index is 0.0202. The zero-order valence-electron chi connectivity index (χ0n) is 15.5. The van der Waals surface area contributed by atoms with Gasteiger partial charge >= 0.3 is 0 Å². The van der Waals surface area contributed by atoms with Gasteiger partial charge in [0.1, 0.15) is 11.5 Å². The molecule has 1 fully saturated rings. The summed E-state index contributed by atoms with van der Waals surface area (Å²) in [6, 6.07) is 12.4. The Hall–Kier alpha value is -1.96. The van der Waals surface area contributed by atoms with Crippen LogP contribution in [-0.4, -0.2) is 10.2 Å². The zero-order chi connectivity index (χ0) is 17.9. The Morgan fingerprint density at radius 3 is 1.60 bits per heavy atom.